The Morgan fingerprint density at radius 2 is 1.12 bits per heavy atom. The summed E-state index contributed by atoms with van der Waals surface area (Å²) in [6, 6.07) is 0. The molecule has 0 aromatic heterocycles. The summed E-state index contributed by atoms with van der Waals surface area (Å²) < 4.78 is 16.5. The van der Waals surface area contributed by atoms with Gasteiger partial charge in [0, 0.05) is 0 Å². The first-order valence-corrected chi connectivity index (χ1v) is 20.9. The monoisotopic (exact) mass is 590 g/mol. The number of fused-ring (bicyclic) bond motifs is 2. The van der Waals surface area contributed by atoms with E-state index in [2.05, 4.69) is 79.1 Å². The molecule has 2 aliphatic carbocycles. The van der Waals surface area contributed by atoms with E-state index in [1.54, 1.807) is 22.3 Å². The van der Waals surface area contributed by atoms with Crippen molar-refractivity contribution in [1.29, 1.82) is 0 Å². The van der Waals surface area contributed by atoms with Gasteiger partial charge in [-0.1, -0.05) is 0 Å². The van der Waals surface area contributed by atoms with Gasteiger partial charge in [0.1, 0.15) is 0 Å². The minimum Gasteiger partial charge on any atom is -1.00 e. The number of hydrogen-bond acceptors (Lipinski definition) is 2. The second-order valence-corrected chi connectivity index (χ2v) is 24.3. The van der Waals surface area contributed by atoms with Gasteiger partial charge in [-0.15, -0.1) is 0 Å². The average Bonchev–Trinajstić information content (AvgIpc) is 3.10. The van der Waals surface area contributed by atoms with Crippen LogP contribution in [0.2, 0.25) is 39.3 Å². The smallest absolute Gasteiger partial charge is 1.00 e. The Labute approximate surface area is 223 Å². The Morgan fingerprint density at radius 3 is 1.44 bits per heavy atom. The van der Waals surface area contributed by atoms with Crippen LogP contribution in [0.4, 0.5) is 0 Å². The molecule has 2 atom stereocenters. The van der Waals surface area contributed by atoms with E-state index in [-0.39, 0.29) is 30.2 Å². The van der Waals surface area contributed by atoms with Crippen LogP contribution in [-0.2, 0) is 32.1 Å². The molecule has 0 N–H and O–H groups in total. The van der Waals surface area contributed by atoms with E-state index >= 15 is 0 Å². The van der Waals surface area contributed by atoms with Crippen molar-refractivity contribution in [3.05, 3.63) is 41.0 Å². The molecule has 3 rings (SSSR count). The molecule has 1 heterocycles. The molecule has 0 saturated heterocycles. The van der Waals surface area contributed by atoms with Crippen LogP contribution in [-0.4, -0.2) is 28.8 Å². The Morgan fingerprint density at radius 1 is 0.781 bits per heavy atom. The molecule has 0 aromatic rings. The molecule has 0 aromatic carbocycles. The van der Waals surface area contributed by atoms with E-state index in [0.717, 1.165) is 12.8 Å². The molecule has 0 radical (unpaired) electrons. The van der Waals surface area contributed by atoms with Gasteiger partial charge >= 0.3 is 200 Å². The Bertz CT molecular complexity index is 764. The van der Waals surface area contributed by atoms with E-state index in [9.17, 15) is 0 Å². The van der Waals surface area contributed by atoms with Gasteiger partial charge in [0.2, 0.25) is 0 Å². The Hall–Kier alpha value is 0.777. The van der Waals surface area contributed by atoms with Gasteiger partial charge in [-0.25, -0.2) is 0 Å². The predicted molar refractivity (Wildman–Crippen MR) is 130 cm³/mol. The second kappa shape index (κ2) is 11.2. The van der Waals surface area contributed by atoms with Crippen molar-refractivity contribution in [2.45, 2.75) is 105 Å². The first kappa shape index (κ1) is 30.8. The average molecular weight is 593 g/mol. The van der Waals surface area contributed by atoms with Crippen LogP contribution < -0.4 is 24.8 Å². The molecule has 0 fully saturated rings. The normalized spacial score (nSPS) is 21.3. The molecule has 2 unspecified atom stereocenters. The summed E-state index contributed by atoms with van der Waals surface area (Å²) in [6.07, 6.45) is 10.4. The Balaban J connectivity index is 0.00000256. The number of halogens is 2. The minimum atomic E-state index is -1.51. The molecule has 7 heteroatoms. The zero-order chi connectivity index (χ0) is 22.5. The third-order valence-corrected chi connectivity index (χ3v) is 12.3. The zero-order valence-corrected chi connectivity index (χ0v) is 27.7. The summed E-state index contributed by atoms with van der Waals surface area (Å²) in [6.45, 7) is 23.3. The van der Waals surface area contributed by atoms with Gasteiger partial charge in [0.25, 0.3) is 0 Å². The van der Waals surface area contributed by atoms with E-state index in [1.165, 1.54) is 12.8 Å². The van der Waals surface area contributed by atoms with E-state index < -0.39 is 39.9 Å². The van der Waals surface area contributed by atoms with E-state index in [0.29, 0.717) is 12.2 Å². The SMILES string of the molecule is CC(CC1=[C]2CC=C1C(C)(C)C1=CC[C](=C1CC(C)O[Si](C)(C)C)[Zr+2]2)O[Si](C)(C)C.[Cl-].[Cl-]. The number of allylic oxidation sites excluding steroid dienone is 6. The van der Waals surface area contributed by atoms with Gasteiger partial charge in [-0.3, -0.25) is 0 Å². The molecule has 4 bridgehead atoms. The van der Waals surface area contributed by atoms with E-state index in [1.807, 2.05) is 6.56 Å². The van der Waals surface area contributed by atoms with Gasteiger partial charge in [-0.2, -0.15) is 0 Å². The predicted octanol–water partition coefficient (Wildman–Crippen LogP) is 1.55. The van der Waals surface area contributed by atoms with Crippen LogP contribution in [0.15, 0.2) is 41.0 Å². The van der Waals surface area contributed by atoms with Crippen LogP contribution in [0.1, 0.15) is 53.4 Å². The van der Waals surface area contributed by atoms with Crippen LogP contribution in [0.3, 0.4) is 0 Å². The van der Waals surface area contributed by atoms with Crippen LogP contribution in [0.25, 0.3) is 0 Å². The summed E-state index contributed by atoms with van der Waals surface area (Å²) >= 11 is -0.725. The van der Waals surface area contributed by atoms with Crippen LogP contribution in [0.5, 0.6) is 0 Å². The summed E-state index contributed by atoms with van der Waals surface area (Å²) in [5, 5.41) is 0. The van der Waals surface area contributed by atoms with Crippen molar-refractivity contribution < 1.29 is 56.9 Å². The molecule has 180 valence electrons. The number of rotatable bonds is 8. The molecule has 0 spiro atoms. The van der Waals surface area contributed by atoms with Crippen molar-refractivity contribution in [2.75, 3.05) is 0 Å². The molecule has 0 saturated carbocycles. The summed E-state index contributed by atoms with van der Waals surface area (Å²) in [5.41, 5.74) is 6.65. The third-order valence-electron chi connectivity index (χ3n) is 6.14. The van der Waals surface area contributed by atoms with Gasteiger partial charge in [-0.05, 0) is 0 Å². The van der Waals surface area contributed by atoms with Crippen molar-refractivity contribution in [3.63, 3.8) is 0 Å². The third kappa shape index (κ3) is 7.39. The quantitative estimate of drug-likeness (QED) is 0.399. The van der Waals surface area contributed by atoms with Crippen LogP contribution in [0, 0.1) is 5.41 Å². The maximum absolute atomic E-state index is 6.45. The molecule has 0 amide bonds. The standard InChI is InChI=1S/C25H42O2Si2.2ClH.Zr/c1-19(26-28(5,6)7)17-21-13-11-15-23(21)25(3,4)24-16-12-14-22(24)18-20(2)27-29(8,9)10;;;/h15-16,19-20H,11-12,17-18H2,1-10H3;2*1H;/q;;;+2/p-2. The second-order valence-electron chi connectivity index (χ2n) is 11.8. The van der Waals surface area contributed by atoms with Crippen LogP contribution >= 0.6 is 0 Å². The fourth-order valence-electron chi connectivity index (χ4n) is 5.40. The maximum atomic E-state index is 6.45. The van der Waals surface area contributed by atoms with Gasteiger partial charge < -0.3 is 24.8 Å². The maximum Gasteiger partial charge on any atom is -1.00 e. The summed E-state index contributed by atoms with van der Waals surface area (Å²) in [5.74, 6) is 0. The molecule has 2 nitrogen and oxygen atoms in total. The summed E-state index contributed by atoms with van der Waals surface area (Å²) in [4.78, 5) is 0. The van der Waals surface area contributed by atoms with Gasteiger partial charge in [0.15, 0.2) is 0 Å². The fourth-order valence-corrected chi connectivity index (χ4v) is 11.8. The molecule has 3 aliphatic rings. The number of hydrogen-bond donors (Lipinski definition) is 0. The first-order valence-electron chi connectivity index (χ1n) is 11.7. The Kier molecular flexibility index (Phi) is 10.8. The first-order chi connectivity index (χ1) is 13.7. The van der Waals surface area contributed by atoms with Crippen molar-refractivity contribution in [1.82, 2.24) is 0 Å². The topological polar surface area (TPSA) is 18.5 Å². The van der Waals surface area contributed by atoms with Crippen molar-refractivity contribution in [3.8, 4) is 0 Å². The molecular formula is C25H42Cl2O2Si2Zr. The molecular weight excluding hydrogens is 551 g/mol. The largest absolute Gasteiger partial charge is 1.00 e. The molecule has 32 heavy (non-hydrogen) atoms. The zero-order valence-electron chi connectivity index (χ0n) is 21.7. The van der Waals surface area contributed by atoms with Crippen molar-refractivity contribution >= 4 is 16.6 Å². The summed E-state index contributed by atoms with van der Waals surface area (Å²) in [7, 11) is -3.02. The fraction of sp³-hybridized carbons (Fsp3) is 0.680. The minimum absolute atomic E-state index is 0. The van der Waals surface area contributed by atoms with E-state index in [4.69, 9.17) is 8.85 Å². The van der Waals surface area contributed by atoms with Gasteiger partial charge in [0.05, 0.1) is 0 Å². The van der Waals surface area contributed by atoms with Crippen molar-refractivity contribution in [2.24, 2.45) is 5.41 Å². The molecule has 1 aliphatic heterocycles.